The monoisotopic (exact) mass is 414 g/mol. The molecule has 0 heterocycles. The van der Waals surface area contributed by atoms with Crippen molar-refractivity contribution < 1.29 is 22.7 Å². The van der Waals surface area contributed by atoms with Crippen molar-refractivity contribution in [2.24, 2.45) is 0 Å². The molecule has 0 aromatic heterocycles. The summed E-state index contributed by atoms with van der Waals surface area (Å²) in [6.07, 6.45) is 1.04. The van der Waals surface area contributed by atoms with Crippen LogP contribution < -0.4 is 19.5 Å². The zero-order chi connectivity index (χ0) is 21.0. The number of carbonyl (C=O) groups is 1. The van der Waals surface area contributed by atoms with Gasteiger partial charge in [-0.2, -0.15) is 0 Å². The number of fused-ring (bicyclic) bond motifs is 1. The average Bonchev–Trinajstić information content (AvgIpc) is 2.66. The highest BCUT2D eigenvalue weighted by molar-refractivity contribution is 7.92. The molecule has 152 valence electrons. The largest absolute Gasteiger partial charge is 0.495 e. The quantitative estimate of drug-likeness (QED) is 0.612. The van der Waals surface area contributed by atoms with Gasteiger partial charge in [0.2, 0.25) is 10.0 Å². The number of nitrogens with one attached hydrogen (secondary N) is 2. The number of sulfonamides is 1. The van der Waals surface area contributed by atoms with Crippen LogP contribution in [0.4, 0.5) is 11.4 Å². The summed E-state index contributed by atoms with van der Waals surface area (Å²) in [4.78, 5) is 12.9. The standard InChI is InChI=1S/C21H22N2O5S/c1-4-28-20-12-15-8-6-5-7-14(15)11-17(20)21(24)22-16-9-10-19(27-2)18(13-16)23-29(3,25)26/h5-13,23H,4H2,1-3H3,(H,22,24). The summed E-state index contributed by atoms with van der Waals surface area (Å²) in [7, 11) is -2.07. The fourth-order valence-corrected chi connectivity index (χ4v) is 3.49. The topological polar surface area (TPSA) is 93.7 Å². The van der Waals surface area contributed by atoms with Crippen LogP contribution in [0, 0.1) is 0 Å². The highest BCUT2D eigenvalue weighted by Gasteiger charge is 2.16. The van der Waals surface area contributed by atoms with Crippen molar-refractivity contribution in [3.05, 3.63) is 60.2 Å². The van der Waals surface area contributed by atoms with E-state index in [1.165, 1.54) is 13.2 Å². The van der Waals surface area contributed by atoms with Gasteiger partial charge in [-0.15, -0.1) is 0 Å². The maximum absolute atomic E-state index is 12.9. The fraction of sp³-hybridized carbons (Fsp3) is 0.190. The third-order valence-electron chi connectivity index (χ3n) is 4.15. The van der Waals surface area contributed by atoms with E-state index in [1.807, 2.05) is 37.3 Å². The van der Waals surface area contributed by atoms with Crippen LogP contribution in [0.5, 0.6) is 11.5 Å². The summed E-state index contributed by atoms with van der Waals surface area (Å²) < 4.78 is 36.4. The number of rotatable bonds is 7. The molecule has 0 fully saturated rings. The maximum Gasteiger partial charge on any atom is 0.259 e. The zero-order valence-electron chi connectivity index (χ0n) is 16.4. The summed E-state index contributed by atoms with van der Waals surface area (Å²) in [6.45, 7) is 2.27. The molecule has 3 rings (SSSR count). The van der Waals surface area contributed by atoms with E-state index in [0.29, 0.717) is 29.4 Å². The predicted octanol–water partition coefficient (Wildman–Crippen LogP) is 3.87. The van der Waals surface area contributed by atoms with Crippen LogP contribution in [0.1, 0.15) is 17.3 Å². The van der Waals surface area contributed by atoms with E-state index in [4.69, 9.17) is 9.47 Å². The van der Waals surface area contributed by atoms with Gasteiger partial charge in [-0.1, -0.05) is 24.3 Å². The molecule has 29 heavy (non-hydrogen) atoms. The minimum atomic E-state index is -3.51. The molecule has 3 aromatic carbocycles. The zero-order valence-corrected chi connectivity index (χ0v) is 17.2. The van der Waals surface area contributed by atoms with Gasteiger partial charge in [0, 0.05) is 5.69 Å². The van der Waals surface area contributed by atoms with E-state index in [1.54, 1.807) is 18.2 Å². The molecule has 7 nitrogen and oxygen atoms in total. The lowest BCUT2D eigenvalue weighted by molar-refractivity contribution is 0.102. The van der Waals surface area contributed by atoms with Crippen molar-refractivity contribution in [3.63, 3.8) is 0 Å². The van der Waals surface area contributed by atoms with Gasteiger partial charge in [0.1, 0.15) is 11.5 Å². The van der Waals surface area contributed by atoms with E-state index < -0.39 is 10.0 Å². The summed E-state index contributed by atoms with van der Waals surface area (Å²) >= 11 is 0. The predicted molar refractivity (Wildman–Crippen MR) is 115 cm³/mol. The Morgan fingerprint density at radius 2 is 1.69 bits per heavy atom. The second-order valence-electron chi connectivity index (χ2n) is 6.37. The summed E-state index contributed by atoms with van der Waals surface area (Å²) in [5.74, 6) is 0.454. The van der Waals surface area contributed by atoms with Crippen molar-refractivity contribution in [3.8, 4) is 11.5 Å². The van der Waals surface area contributed by atoms with Crippen LogP contribution in [-0.2, 0) is 10.0 Å². The van der Waals surface area contributed by atoms with Gasteiger partial charge >= 0.3 is 0 Å². The molecule has 0 bridgehead atoms. The first-order valence-corrected chi connectivity index (χ1v) is 10.8. The molecule has 8 heteroatoms. The van der Waals surface area contributed by atoms with Crippen molar-refractivity contribution in [2.45, 2.75) is 6.92 Å². The molecule has 0 radical (unpaired) electrons. The molecule has 3 aromatic rings. The van der Waals surface area contributed by atoms with Gasteiger partial charge in [-0.3, -0.25) is 9.52 Å². The Bertz CT molecular complexity index is 1160. The van der Waals surface area contributed by atoms with Crippen molar-refractivity contribution in [1.29, 1.82) is 0 Å². The fourth-order valence-electron chi connectivity index (χ4n) is 2.94. The highest BCUT2D eigenvalue weighted by Crippen LogP contribution is 2.30. The van der Waals surface area contributed by atoms with Gasteiger partial charge in [0.25, 0.3) is 5.91 Å². The molecular weight excluding hydrogens is 392 g/mol. The lowest BCUT2D eigenvalue weighted by atomic mass is 10.1. The van der Waals surface area contributed by atoms with Crippen LogP contribution in [0.25, 0.3) is 10.8 Å². The molecule has 1 amide bonds. The lowest BCUT2D eigenvalue weighted by Crippen LogP contribution is -2.15. The van der Waals surface area contributed by atoms with Crippen molar-refractivity contribution >= 4 is 38.1 Å². The third kappa shape index (κ3) is 4.97. The Hall–Kier alpha value is -3.26. The molecule has 0 saturated carbocycles. The van der Waals surface area contributed by atoms with E-state index >= 15 is 0 Å². The van der Waals surface area contributed by atoms with Crippen LogP contribution >= 0.6 is 0 Å². The highest BCUT2D eigenvalue weighted by atomic mass is 32.2. The normalized spacial score (nSPS) is 11.1. The average molecular weight is 414 g/mol. The Kier molecular flexibility index (Phi) is 5.93. The first kappa shape index (κ1) is 20.5. The van der Waals surface area contributed by atoms with Gasteiger partial charge in [-0.05, 0) is 48.0 Å². The van der Waals surface area contributed by atoms with E-state index in [9.17, 15) is 13.2 Å². The summed E-state index contributed by atoms with van der Waals surface area (Å²) in [5, 5.41) is 4.67. The second-order valence-corrected chi connectivity index (χ2v) is 8.12. The number of amides is 1. The van der Waals surface area contributed by atoms with Crippen molar-refractivity contribution in [2.75, 3.05) is 30.0 Å². The van der Waals surface area contributed by atoms with Crippen LogP contribution in [0.2, 0.25) is 0 Å². The SMILES string of the molecule is CCOc1cc2ccccc2cc1C(=O)Nc1ccc(OC)c(NS(C)(=O)=O)c1. The maximum atomic E-state index is 12.9. The van der Waals surface area contributed by atoms with Crippen LogP contribution in [0.15, 0.2) is 54.6 Å². The number of carbonyl (C=O) groups excluding carboxylic acids is 1. The molecular formula is C21H22N2O5S. The van der Waals surface area contributed by atoms with E-state index in [2.05, 4.69) is 10.0 Å². The molecule has 0 spiro atoms. The molecule has 0 aliphatic rings. The molecule has 0 unspecified atom stereocenters. The minimum absolute atomic E-state index is 0.233. The summed E-state index contributed by atoms with van der Waals surface area (Å²) in [6, 6.07) is 16.0. The molecule has 0 atom stereocenters. The van der Waals surface area contributed by atoms with Gasteiger partial charge in [0.05, 0.1) is 31.2 Å². The Balaban J connectivity index is 1.95. The van der Waals surface area contributed by atoms with Crippen molar-refractivity contribution in [1.82, 2.24) is 0 Å². The molecule has 0 aliphatic carbocycles. The van der Waals surface area contributed by atoms with Crippen LogP contribution in [-0.4, -0.2) is 34.3 Å². The molecule has 0 aliphatic heterocycles. The Morgan fingerprint density at radius 3 is 2.31 bits per heavy atom. The Morgan fingerprint density at radius 1 is 1.00 bits per heavy atom. The minimum Gasteiger partial charge on any atom is -0.495 e. The number of hydrogen-bond donors (Lipinski definition) is 2. The van der Waals surface area contributed by atoms with Gasteiger partial charge in [0.15, 0.2) is 0 Å². The van der Waals surface area contributed by atoms with E-state index in [0.717, 1.165) is 17.0 Å². The Labute approximate surface area is 169 Å². The lowest BCUT2D eigenvalue weighted by Gasteiger charge is -2.14. The number of anilines is 2. The second kappa shape index (κ2) is 8.40. The number of benzene rings is 3. The summed E-state index contributed by atoms with van der Waals surface area (Å²) in [5.41, 5.74) is 1.04. The smallest absolute Gasteiger partial charge is 0.259 e. The van der Waals surface area contributed by atoms with E-state index in [-0.39, 0.29) is 11.6 Å². The molecule has 0 saturated heterocycles. The number of ether oxygens (including phenoxy) is 2. The van der Waals surface area contributed by atoms with Gasteiger partial charge in [-0.25, -0.2) is 8.42 Å². The van der Waals surface area contributed by atoms with Crippen LogP contribution in [0.3, 0.4) is 0 Å². The molecule has 2 N–H and O–H groups in total. The third-order valence-corrected chi connectivity index (χ3v) is 4.74. The number of methoxy groups -OCH3 is 1. The van der Waals surface area contributed by atoms with Gasteiger partial charge < -0.3 is 14.8 Å². The first-order chi connectivity index (χ1) is 13.8. The number of hydrogen-bond acceptors (Lipinski definition) is 5. The first-order valence-electron chi connectivity index (χ1n) is 8.93.